The van der Waals surface area contributed by atoms with Crippen LogP contribution in [0.5, 0.6) is 11.5 Å². The van der Waals surface area contributed by atoms with Gasteiger partial charge < -0.3 is 30.2 Å². The van der Waals surface area contributed by atoms with E-state index in [0.29, 0.717) is 11.4 Å². The summed E-state index contributed by atoms with van der Waals surface area (Å²) in [5.74, 6) is -1.41. The Morgan fingerprint density at radius 1 is 0.400 bits per heavy atom. The highest BCUT2D eigenvalue weighted by atomic mass is 16.3. The van der Waals surface area contributed by atoms with E-state index >= 15 is 0 Å². The number of nitrogens with zero attached hydrogens (tertiary/aromatic N) is 2. The molecule has 6 aromatic carbocycles. The third-order valence-electron chi connectivity index (χ3n) is 9.35. The SMILES string of the molecule is Cc1ccccc1N(c1ccc(C2=C([O-])C(c3ccc(N(c4ccccc4C)c4ccccc4C)cc3O)=C2[O-])c(O)c1)c1ccccc1C. The standard InChI is InChI=1S/C44H38N2O4/c1-27-13-5-9-17-35(27)45(36-18-10-6-14-28(36)2)31-21-23-33(39(47)25-31)41-43(49)42(44(41)50)34-24-22-32(26-40(34)48)46(37-19-11-7-15-29(37)3)38-20-12-8-16-30(38)4/h5-26,47-50H,1-4H3/p-2. The lowest BCUT2D eigenvalue weighted by molar-refractivity contribution is -0.316. The van der Waals surface area contributed by atoms with Gasteiger partial charge >= 0.3 is 0 Å². The summed E-state index contributed by atoms with van der Waals surface area (Å²) in [5.41, 5.74) is 9.40. The molecular weight excluding hydrogens is 620 g/mol. The van der Waals surface area contributed by atoms with Gasteiger partial charge in [0.15, 0.2) is 0 Å². The van der Waals surface area contributed by atoms with Crippen LogP contribution in [0.3, 0.4) is 0 Å². The molecule has 6 aromatic rings. The zero-order chi connectivity index (χ0) is 35.1. The molecule has 0 aliphatic heterocycles. The van der Waals surface area contributed by atoms with Crippen LogP contribution < -0.4 is 20.0 Å². The van der Waals surface area contributed by atoms with Gasteiger partial charge in [-0.15, -0.1) is 0 Å². The zero-order valence-corrected chi connectivity index (χ0v) is 28.3. The monoisotopic (exact) mass is 656 g/mol. The van der Waals surface area contributed by atoms with Gasteiger partial charge in [0.25, 0.3) is 0 Å². The van der Waals surface area contributed by atoms with Gasteiger partial charge in [-0.1, -0.05) is 84.3 Å². The molecule has 1 aliphatic rings. The number of rotatable bonds is 8. The van der Waals surface area contributed by atoms with Crippen LogP contribution in [0.1, 0.15) is 33.4 Å². The molecule has 1 aliphatic carbocycles. The number of aromatic hydroxyl groups is 2. The summed E-state index contributed by atoms with van der Waals surface area (Å²) >= 11 is 0. The molecule has 248 valence electrons. The summed E-state index contributed by atoms with van der Waals surface area (Å²) in [7, 11) is 0. The van der Waals surface area contributed by atoms with Crippen molar-refractivity contribution in [3.63, 3.8) is 0 Å². The topological polar surface area (TPSA) is 93.1 Å². The first kappa shape index (κ1) is 32.2. The highest BCUT2D eigenvalue weighted by Gasteiger charge is 2.26. The molecule has 0 radical (unpaired) electrons. The van der Waals surface area contributed by atoms with E-state index in [0.717, 1.165) is 45.0 Å². The number of para-hydroxylation sites is 4. The molecule has 0 amide bonds. The van der Waals surface area contributed by atoms with E-state index in [1.165, 1.54) is 0 Å². The number of phenols is 2. The van der Waals surface area contributed by atoms with Gasteiger partial charge in [0.1, 0.15) is 11.5 Å². The molecule has 0 saturated heterocycles. The van der Waals surface area contributed by atoms with E-state index in [2.05, 4.69) is 9.80 Å². The molecule has 6 heteroatoms. The summed E-state index contributed by atoms with van der Waals surface area (Å²) in [5, 5.41) is 49.9. The van der Waals surface area contributed by atoms with Crippen LogP contribution in [-0.4, -0.2) is 10.2 Å². The number of hydrogen-bond donors (Lipinski definition) is 2. The van der Waals surface area contributed by atoms with E-state index in [-0.39, 0.29) is 33.8 Å². The van der Waals surface area contributed by atoms with Crippen LogP contribution >= 0.6 is 0 Å². The van der Waals surface area contributed by atoms with Crippen LogP contribution in [0.2, 0.25) is 0 Å². The van der Waals surface area contributed by atoms with Crippen molar-refractivity contribution >= 4 is 45.3 Å². The first-order valence-electron chi connectivity index (χ1n) is 16.5. The minimum Gasteiger partial charge on any atom is -0.872 e. The third kappa shape index (κ3) is 5.51. The fraction of sp³-hybridized carbons (Fsp3) is 0.0909. The number of phenolic OH excluding ortho intramolecular Hbond substituents is 2. The summed E-state index contributed by atoms with van der Waals surface area (Å²) in [6, 6.07) is 41.9. The van der Waals surface area contributed by atoms with Crippen LogP contribution in [0, 0.1) is 27.7 Å². The second-order valence-electron chi connectivity index (χ2n) is 12.6. The Bertz CT molecular complexity index is 2070. The number of allylic oxidation sites excluding steroid dienone is 2. The molecule has 50 heavy (non-hydrogen) atoms. The van der Waals surface area contributed by atoms with Crippen molar-refractivity contribution in [3.05, 3.63) is 178 Å². The van der Waals surface area contributed by atoms with Gasteiger partial charge in [0.2, 0.25) is 0 Å². The van der Waals surface area contributed by atoms with Crippen molar-refractivity contribution in [1.82, 2.24) is 0 Å². The Balaban J connectivity index is 1.24. The Kier molecular flexibility index (Phi) is 8.30. The maximum Gasteiger partial charge on any atom is 0.125 e. The predicted octanol–water partition coefficient (Wildman–Crippen LogP) is 9.13. The van der Waals surface area contributed by atoms with E-state index in [9.17, 15) is 20.4 Å². The average Bonchev–Trinajstić information content (AvgIpc) is 3.10. The van der Waals surface area contributed by atoms with Gasteiger partial charge in [0, 0.05) is 57.4 Å². The summed E-state index contributed by atoms with van der Waals surface area (Å²) in [6.45, 7) is 8.11. The van der Waals surface area contributed by atoms with Crippen molar-refractivity contribution in [1.29, 1.82) is 0 Å². The largest absolute Gasteiger partial charge is 0.872 e. The highest BCUT2D eigenvalue weighted by molar-refractivity contribution is 6.07. The maximum absolute atomic E-state index is 13.6. The fourth-order valence-electron chi connectivity index (χ4n) is 6.70. The van der Waals surface area contributed by atoms with Gasteiger partial charge in [0.05, 0.1) is 0 Å². The second kappa shape index (κ2) is 12.9. The number of benzene rings is 6. The minimum absolute atomic E-state index is 0.104. The van der Waals surface area contributed by atoms with Crippen molar-refractivity contribution < 1.29 is 20.4 Å². The molecule has 6 nitrogen and oxygen atoms in total. The van der Waals surface area contributed by atoms with E-state index in [1.54, 1.807) is 36.4 Å². The highest BCUT2D eigenvalue weighted by Crippen LogP contribution is 2.49. The number of hydrogen-bond acceptors (Lipinski definition) is 6. The van der Waals surface area contributed by atoms with E-state index in [1.807, 2.05) is 125 Å². The minimum atomic E-state index is -0.523. The van der Waals surface area contributed by atoms with Crippen LogP contribution in [0.25, 0.3) is 11.1 Å². The molecule has 0 bridgehead atoms. The molecule has 2 N–H and O–H groups in total. The van der Waals surface area contributed by atoms with Crippen LogP contribution in [0.4, 0.5) is 34.1 Å². The lowest BCUT2D eigenvalue weighted by Crippen LogP contribution is -2.27. The van der Waals surface area contributed by atoms with Gasteiger partial charge in [-0.2, -0.15) is 0 Å². The smallest absolute Gasteiger partial charge is 0.125 e. The quantitative estimate of drug-likeness (QED) is 0.170. The van der Waals surface area contributed by atoms with Crippen molar-refractivity contribution in [2.24, 2.45) is 0 Å². The lowest BCUT2D eigenvalue weighted by atomic mass is 9.83. The Labute approximate surface area is 292 Å². The van der Waals surface area contributed by atoms with Crippen LogP contribution in [0.15, 0.2) is 145 Å². The molecule has 0 saturated carbocycles. The first-order valence-corrected chi connectivity index (χ1v) is 16.5. The molecule has 7 rings (SSSR count). The molecular formula is C44H36N2O4-2. The number of aryl methyl sites for hydroxylation is 4. The number of anilines is 6. The van der Waals surface area contributed by atoms with Gasteiger partial charge in [-0.3, -0.25) is 0 Å². The molecule has 0 atom stereocenters. The van der Waals surface area contributed by atoms with Crippen molar-refractivity contribution in [3.8, 4) is 11.5 Å². The van der Waals surface area contributed by atoms with E-state index < -0.39 is 11.5 Å². The predicted molar refractivity (Wildman–Crippen MR) is 198 cm³/mol. The molecule has 0 unspecified atom stereocenters. The first-order chi connectivity index (χ1) is 24.2. The zero-order valence-electron chi connectivity index (χ0n) is 28.3. The Hall–Kier alpha value is -6.40. The summed E-state index contributed by atoms with van der Waals surface area (Å²) in [4.78, 5) is 4.11. The van der Waals surface area contributed by atoms with E-state index in [4.69, 9.17) is 0 Å². The van der Waals surface area contributed by atoms with Gasteiger partial charge in [-0.05, 0) is 110 Å². The fourth-order valence-corrected chi connectivity index (χ4v) is 6.70. The maximum atomic E-state index is 13.6. The molecule has 0 fully saturated rings. The average molecular weight is 657 g/mol. The second-order valence-corrected chi connectivity index (χ2v) is 12.6. The van der Waals surface area contributed by atoms with Gasteiger partial charge in [-0.25, -0.2) is 0 Å². The summed E-state index contributed by atoms with van der Waals surface area (Å²) in [6.07, 6.45) is 0. The van der Waals surface area contributed by atoms with Crippen molar-refractivity contribution in [2.45, 2.75) is 27.7 Å². The lowest BCUT2D eigenvalue weighted by Gasteiger charge is -2.40. The molecule has 0 heterocycles. The normalized spacial score (nSPS) is 12.6. The Morgan fingerprint density at radius 3 is 0.940 bits per heavy atom. The summed E-state index contributed by atoms with van der Waals surface area (Å²) < 4.78 is 0. The van der Waals surface area contributed by atoms with Crippen LogP contribution in [-0.2, 0) is 0 Å². The molecule has 0 aromatic heterocycles. The third-order valence-corrected chi connectivity index (χ3v) is 9.35. The molecule has 0 spiro atoms. The Morgan fingerprint density at radius 2 is 0.680 bits per heavy atom. The van der Waals surface area contributed by atoms with Crippen molar-refractivity contribution in [2.75, 3.05) is 9.80 Å².